The van der Waals surface area contributed by atoms with Crippen molar-refractivity contribution in [3.63, 3.8) is 0 Å². The number of ether oxygens (including phenoxy) is 1. The third-order valence-electron chi connectivity index (χ3n) is 1.67. The van der Waals surface area contributed by atoms with Gasteiger partial charge in [-0.25, -0.2) is 9.18 Å². The fraction of sp³-hybridized carbons (Fsp3) is 0.300. The summed E-state index contributed by atoms with van der Waals surface area (Å²) >= 11 is 16.9. The van der Waals surface area contributed by atoms with E-state index in [1.807, 2.05) is 0 Å². The van der Waals surface area contributed by atoms with Crippen molar-refractivity contribution in [1.82, 2.24) is 0 Å². The molecule has 0 bridgehead atoms. The largest absolute Gasteiger partial charge is 0.459 e. The number of esters is 1. The topological polar surface area (TPSA) is 26.3 Å². The molecule has 0 unspecified atom stereocenters. The first-order valence-corrected chi connectivity index (χ1v) is 5.52. The molecule has 0 atom stereocenters. The summed E-state index contributed by atoms with van der Waals surface area (Å²) in [6.07, 6.45) is -0.332. The summed E-state index contributed by atoms with van der Waals surface area (Å²) in [4.78, 5) is 11.5. The second-order valence-corrected chi connectivity index (χ2v) is 4.44. The lowest BCUT2D eigenvalue weighted by molar-refractivity contribution is 0.0377. The number of carbonyl (C=O) groups is 1. The van der Waals surface area contributed by atoms with Crippen LogP contribution >= 0.6 is 34.8 Å². The van der Waals surface area contributed by atoms with Crippen molar-refractivity contribution in [2.24, 2.45) is 0 Å². The molecule has 1 rings (SSSR count). The third kappa shape index (κ3) is 2.78. The second kappa shape index (κ2) is 5.21. The van der Waals surface area contributed by atoms with Gasteiger partial charge in [-0.3, -0.25) is 0 Å². The van der Waals surface area contributed by atoms with Crippen LogP contribution < -0.4 is 0 Å². The molecule has 88 valence electrons. The smallest absolute Gasteiger partial charge is 0.340 e. The fourth-order valence-electron chi connectivity index (χ4n) is 0.999. The lowest BCUT2D eigenvalue weighted by Gasteiger charge is -2.10. The molecule has 1 aromatic rings. The minimum atomic E-state index is -0.813. The van der Waals surface area contributed by atoms with Crippen molar-refractivity contribution in [3.05, 3.63) is 32.5 Å². The van der Waals surface area contributed by atoms with Crippen molar-refractivity contribution in [3.8, 4) is 0 Å². The van der Waals surface area contributed by atoms with Gasteiger partial charge >= 0.3 is 5.97 Å². The molecular weight excluding hydrogens is 277 g/mol. The van der Waals surface area contributed by atoms with Gasteiger partial charge in [0.25, 0.3) is 0 Å². The standard InChI is InChI=1S/C10H8Cl3FO2/c1-4(2)16-10(15)5-3-6(14)8(12)9(13)7(5)11/h3-4H,1-2H3. The van der Waals surface area contributed by atoms with Crippen LogP contribution in [0, 0.1) is 5.82 Å². The summed E-state index contributed by atoms with van der Waals surface area (Å²) in [7, 11) is 0. The molecule has 16 heavy (non-hydrogen) atoms. The van der Waals surface area contributed by atoms with E-state index in [2.05, 4.69) is 0 Å². The lowest BCUT2D eigenvalue weighted by atomic mass is 10.2. The molecule has 0 saturated heterocycles. The van der Waals surface area contributed by atoms with Crippen LogP contribution in [-0.4, -0.2) is 12.1 Å². The average Bonchev–Trinajstić information content (AvgIpc) is 2.19. The van der Waals surface area contributed by atoms with E-state index in [1.54, 1.807) is 13.8 Å². The summed E-state index contributed by atoms with van der Waals surface area (Å²) in [5, 5.41) is -0.620. The molecule has 2 nitrogen and oxygen atoms in total. The van der Waals surface area contributed by atoms with E-state index in [9.17, 15) is 9.18 Å². The molecule has 0 aliphatic carbocycles. The van der Waals surface area contributed by atoms with Gasteiger partial charge in [0.2, 0.25) is 0 Å². The van der Waals surface area contributed by atoms with Gasteiger partial charge in [0.1, 0.15) is 5.82 Å². The predicted molar refractivity (Wildman–Crippen MR) is 62.0 cm³/mol. The van der Waals surface area contributed by atoms with Crippen LogP contribution in [0.15, 0.2) is 6.07 Å². The SMILES string of the molecule is CC(C)OC(=O)c1cc(F)c(Cl)c(Cl)c1Cl. The Morgan fingerprint density at radius 1 is 1.25 bits per heavy atom. The summed E-state index contributed by atoms with van der Waals surface area (Å²) in [6, 6.07) is 0.904. The van der Waals surface area contributed by atoms with Gasteiger partial charge in [-0.15, -0.1) is 0 Å². The van der Waals surface area contributed by atoms with Crippen molar-refractivity contribution in [2.75, 3.05) is 0 Å². The van der Waals surface area contributed by atoms with Gasteiger partial charge in [-0.05, 0) is 19.9 Å². The highest BCUT2D eigenvalue weighted by Gasteiger charge is 2.20. The van der Waals surface area contributed by atoms with Crippen LogP contribution in [0.4, 0.5) is 4.39 Å². The molecule has 1 aromatic carbocycles. The Hall–Kier alpha value is -0.510. The van der Waals surface area contributed by atoms with Crippen LogP contribution in [0.1, 0.15) is 24.2 Å². The molecule has 0 fully saturated rings. The molecule has 0 aliphatic heterocycles. The highest BCUT2D eigenvalue weighted by atomic mass is 35.5. The van der Waals surface area contributed by atoms with Crippen LogP contribution in [0.2, 0.25) is 15.1 Å². The van der Waals surface area contributed by atoms with Gasteiger partial charge in [0.05, 0.1) is 26.7 Å². The van der Waals surface area contributed by atoms with Crippen molar-refractivity contribution in [2.45, 2.75) is 20.0 Å². The van der Waals surface area contributed by atoms with E-state index in [0.29, 0.717) is 0 Å². The molecule has 0 aromatic heterocycles. The van der Waals surface area contributed by atoms with Gasteiger partial charge in [-0.2, -0.15) is 0 Å². The normalized spacial score (nSPS) is 10.7. The van der Waals surface area contributed by atoms with E-state index in [4.69, 9.17) is 39.5 Å². The molecule has 0 saturated carbocycles. The molecule has 0 amide bonds. The van der Waals surface area contributed by atoms with Crippen molar-refractivity contribution >= 4 is 40.8 Å². The molecule has 6 heteroatoms. The van der Waals surface area contributed by atoms with E-state index in [1.165, 1.54) is 0 Å². The van der Waals surface area contributed by atoms with E-state index < -0.39 is 11.8 Å². The second-order valence-electron chi connectivity index (χ2n) is 3.30. The summed E-state index contributed by atoms with van der Waals surface area (Å²) in [5.41, 5.74) is -0.137. The Morgan fingerprint density at radius 2 is 1.81 bits per heavy atom. The molecule has 0 aliphatic rings. The zero-order valence-corrected chi connectivity index (χ0v) is 10.8. The van der Waals surface area contributed by atoms with Gasteiger partial charge in [-0.1, -0.05) is 34.8 Å². The maximum absolute atomic E-state index is 13.2. The summed E-state index contributed by atoms with van der Waals surface area (Å²) < 4.78 is 18.1. The van der Waals surface area contributed by atoms with Gasteiger partial charge in [0, 0.05) is 0 Å². The maximum Gasteiger partial charge on any atom is 0.340 e. The molecule has 0 heterocycles. The lowest BCUT2D eigenvalue weighted by Crippen LogP contribution is -2.12. The quantitative estimate of drug-likeness (QED) is 0.459. The zero-order chi connectivity index (χ0) is 12.5. The molecule has 0 spiro atoms. The Balaban J connectivity index is 3.20. The predicted octanol–water partition coefficient (Wildman–Crippen LogP) is 4.35. The number of hydrogen-bond acceptors (Lipinski definition) is 2. The molecule has 0 radical (unpaired) electrons. The van der Waals surface area contributed by atoms with Gasteiger partial charge < -0.3 is 4.74 Å². The van der Waals surface area contributed by atoms with Crippen molar-refractivity contribution < 1.29 is 13.9 Å². The Labute approximate surface area is 107 Å². The summed E-state index contributed by atoms with van der Waals surface area (Å²) in [5.74, 6) is -1.55. The van der Waals surface area contributed by atoms with Crippen LogP contribution in [0.25, 0.3) is 0 Å². The Morgan fingerprint density at radius 3 is 2.31 bits per heavy atom. The minimum Gasteiger partial charge on any atom is -0.459 e. The van der Waals surface area contributed by atoms with E-state index >= 15 is 0 Å². The fourth-order valence-corrected chi connectivity index (χ4v) is 1.61. The van der Waals surface area contributed by atoms with Crippen LogP contribution in [0.5, 0.6) is 0 Å². The Kier molecular flexibility index (Phi) is 4.42. The minimum absolute atomic E-state index is 0.112. The average molecular weight is 286 g/mol. The number of rotatable bonds is 2. The van der Waals surface area contributed by atoms with E-state index in [0.717, 1.165) is 6.07 Å². The zero-order valence-electron chi connectivity index (χ0n) is 8.48. The van der Waals surface area contributed by atoms with Crippen molar-refractivity contribution in [1.29, 1.82) is 0 Å². The maximum atomic E-state index is 13.2. The van der Waals surface area contributed by atoms with Crippen LogP contribution in [0.3, 0.4) is 0 Å². The number of benzene rings is 1. The van der Waals surface area contributed by atoms with Gasteiger partial charge in [0.15, 0.2) is 0 Å². The monoisotopic (exact) mass is 284 g/mol. The molecule has 0 N–H and O–H groups in total. The summed E-state index contributed by atoms with van der Waals surface area (Å²) in [6.45, 7) is 3.33. The highest BCUT2D eigenvalue weighted by Crippen LogP contribution is 2.35. The molecular formula is C10H8Cl3FO2. The Bertz CT molecular complexity index is 433. The highest BCUT2D eigenvalue weighted by molar-refractivity contribution is 6.49. The first kappa shape index (κ1) is 13.6. The van der Waals surface area contributed by atoms with E-state index in [-0.39, 0.29) is 26.7 Å². The third-order valence-corrected chi connectivity index (χ3v) is 3.00. The van der Waals surface area contributed by atoms with Crippen LogP contribution in [-0.2, 0) is 4.74 Å². The number of halogens is 4. The number of carbonyl (C=O) groups excluding carboxylic acids is 1. The first-order valence-electron chi connectivity index (χ1n) is 4.38. The first-order chi connectivity index (χ1) is 7.34. The number of hydrogen-bond donors (Lipinski definition) is 0.